The minimum Gasteiger partial charge on any atom is -0.481 e. The molecule has 2 rings (SSSR count). The second kappa shape index (κ2) is 11.1. The zero-order valence-electron chi connectivity index (χ0n) is 18.1. The number of carboxylic acid groups (broad SMARTS) is 1. The van der Waals surface area contributed by atoms with Gasteiger partial charge in [0.05, 0.1) is 30.7 Å². The van der Waals surface area contributed by atoms with Crippen molar-refractivity contribution in [1.29, 1.82) is 0 Å². The molecule has 2 aliphatic rings. The number of allylic oxidation sites excluding steroid dienone is 2. The first-order valence-electron chi connectivity index (χ1n) is 11.0. The first-order valence-corrected chi connectivity index (χ1v) is 11.0. The second-order valence-corrected chi connectivity index (χ2v) is 8.88. The van der Waals surface area contributed by atoms with Crippen LogP contribution in [-0.2, 0) is 14.3 Å². The molecule has 30 heavy (non-hydrogen) atoms. The molecule has 0 aliphatic heterocycles. The van der Waals surface area contributed by atoms with Crippen LogP contribution in [0.15, 0.2) is 23.8 Å². The number of hydrogen-bond acceptors (Lipinski definition) is 6. The predicted octanol–water partition coefficient (Wildman–Crippen LogP) is 2.44. The van der Waals surface area contributed by atoms with Gasteiger partial charge in [0.15, 0.2) is 0 Å². The van der Waals surface area contributed by atoms with Gasteiger partial charge in [-0.05, 0) is 43.1 Å². The third-order valence-electron chi connectivity index (χ3n) is 6.44. The van der Waals surface area contributed by atoms with E-state index in [4.69, 9.17) is 9.84 Å². The number of hydrogen-bond donors (Lipinski definition) is 4. The molecule has 3 unspecified atom stereocenters. The Morgan fingerprint density at radius 1 is 1.27 bits per heavy atom. The van der Waals surface area contributed by atoms with Crippen LogP contribution in [0.1, 0.15) is 59.3 Å². The molecule has 4 N–H and O–H groups in total. The number of fused-ring (bicyclic) bond motifs is 1. The Bertz CT molecular complexity index is 656. The Morgan fingerprint density at radius 2 is 1.97 bits per heavy atom. The van der Waals surface area contributed by atoms with Crippen molar-refractivity contribution in [2.75, 3.05) is 0 Å². The number of ether oxygens (including phenoxy) is 1. The normalized spacial score (nSPS) is 31.3. The summed E-state index contributed by atoms with van der Waals surface area (Å²) < 4.78 is 5.84. The van der Waals surface area contributed by atoms with Gasteiger partial charge in [0, 0.05) is 12.3 Å². The van der Waals surface area contributed by atoms with Crippen molar-refractivity contribution in [3.8, 4) is 0 Å². The second-order valence-electron chi connectivity index (χ2n) is 8.88. The molecule has 0 heterocycles. The first kappa shape index (κ1) is 24.6. The zero-order valence-corrected chi connectivity index (χ0v) is 18.1. The van der Waals surface area contributed by atoms with E-state index in [0.29, 0.717) is 25.7 Å². The Labute approximate surface area is 178 Å². The fourth-order valence-electron chi connectivity index (χ4n) is 4.52. The van der Waals surface area contributed by atoms with Gasteiger partial charge < -0.3 is 25.2 Å². The molecule has 0 aromatic rings. The van der Waals surface area contributed by atoms with E-state index < -0.39 is 30.4 Å². The zero-order chi connectivity index (χ0) is 22.4. The van der Waals surface area contributed by atoms with Gasteiger partial charge >= 0.3 is 11.9 Å². The van der Waals surface area contributed by atoms with E-state index in [1.807, 2.05) is 26.0 Å². The minimum atomic E-state index is -1.10. The fourth-order valence-corrected chi connectivity index (χ4v) is 4.52. The molecule has 8 atom stereocenters. The van der Waals surface area contributed by atoms with Crippen LogP contribution in [-0.4, -0.2) is 56.8 Å². The van der Waals surface area contributed by atoms with Crippen LogP contribution < -0.4 is 0 Å². The van der Waals surface area contributed by atoms with Crippen LogP contribution in [0.5, 0.6) is 0 Å². The molecule has 7 heteroatoms. The van der Waals surface area contributed by atoms with Gasteiger partial charge in [0.25, 0.3) is 0 Å². The van der Waals surface area contributed by atoms with Crippen molar-refractivity contribution in [1.82, 2.24) is 0 Å². The Kier molecular flexibility index (Phi) is 9.07. The third-order valence-corrected chi connectivity index (χ3v) is 6.44. The van der Waals surface area contributed by atoms with Gasteiger partial charge in [-0.3, -0.25) is 9.59 Å². The number of esters is 1. The van der Waals surface area contributed by atoms with E-state index in [2.05, 4.69) is 13.0 Å². The van der Waals surface area contributed by atoms with Crippen LogP contribution in [0.4, 0.5) is 0 Å². The maximum atomic E-state index is 12.4. The van der Waals surface area contributed by atoms with Crippen LogP contribution >= 0.6 is 0 Å². The third kappa shape index (κ3) is 6.65. The first-order chi connectivity index (χ1) is 14.1. The highest BCUT2D eigenvalue weighted by Gasteiger charge is 2.42. The fraction of sp³-hybridized carbons (Fsp3) is 0.739. The summed E-state index contributed by atoms with van der Waals surface area (Å²) in [7, 11) is 0. The highest BCUT2D eigenvalue weighted by molar-refractivity contribution is 5.72. The quantitative estimate of drug-likeness (QED) is 0.397. The van der Waals surface area contributed by atoms with Crippen molar-refractivity contribution in [2.24, 2.45) is 23.7 Å². The lowest BCUT2D eigenvalue weighted by Gasteiger charge is -2.43. The van der Waals surface area contributed by atoms with E-state index >= 15 is 0 Å². The topological polar surface area (TPSA) is 124 Å². The van der Waals surface area contributed by atoms with Gasteiger partial charge in [-0.2, -0.15) is 0 Å². The van der Waals surface area contributed by atoms with Crippen LogP contribution in [0.25, 0.3) is 0 Å². The number of carbonyl (C=O) groups excluding carboxylic acids is 1. The summed E-state index contributed by atoms with van der Waals surface area (Å²) in [5.41, 5.74) is 0.958. The molecule has 0 amide bonds. The number of aliphatic carboxylic acids is 1. The largest absolute Gasteiger partial charge is 0.481 e. The summed E-state index contributed by atoms with van der Waals surface area (Å²) in [6.45, 7) is 5.85. The minimum absolute atomic E-state index is 0.0156. The lowest BCUT2D eigenvalue weighted by molar-refractivity contribution is -0.159. The Balaban J connectivity index is 2.09. The van der Waals surface area contributed by atoms with E-state index in [1.165, 1.54) is 0 Å². The molecule has 0 aromatic heterocycles. The predicted molar refractivity (Wildman–Crippen MR) is 111 cm³/mol. The summed E-state index contributed by atoms with van der Waals surface area (Å²) in [5.74, 6) is -1.31. The number of rotatable bonds is 10. The molecule has 0 bridgehead atoms. The van der Waals surface area contributed by atoms with E-state index in [1.54, 1.807) is 0 Å². The van der Waals surface area contributed by atoms with E-state index in [-0.39, 0.29) is 42.5 Å². The van der Waals surface area contributed by atoms with Crippen molar-refractivity contribution in [3.05, 3.63) is 23.8 Å². The number of carboxylic acids is 1. The SMILES string of the molecule is CCC(C)C(=O)O[C@H]1C[C@@H](O)C=C2C=C[C@H](C)[C@H](CCC(O)CC(O)CC(=O)O)[C@H]21. The van der Waals surface area contributed by atoms with Gasteiger partial charge in [-0.15, -0.1) is 0 Å². The van der Waals surface area contributed by atoms with Crippen LogP contribution in [0.2, 0.25) is 0 Å². The molecule has 170 valence electrons. The van der Waals surface area contributed by atoms with E-state index in [9.17, 15) is 24.9 Å². The molecule has 7 nitrogen and oxygen atoms in total. The average molecular weight is 425 g/mol. The van der Waals surface area contributed by atoms with Crippen molar-refractivity contribution in [3.63, 3.8) is 0 Å². The lowest BCUT2D eigenvalue weighted by atomic mass is 9.66. The highest BCUT2D eigenvalue weighted by Crippen LogP contribution is 2.44. The van der Waals surface area contributed by atoms with E-state index in [0.717, 1.165) is 5.57 Å². The summed E-state index contributed by atoms with van der Waals surface area (Å²) in [5, 5.41) is 39.1. The number of aliphatic hydroxyl groups is 3. The Morgan fingerprint density at radius 3 is 2.60 bits per heavy atom. The van der Waals surface area contributed by atoms with Crippen molar-refractivity contribution >= 4 is 11.9 Å². The number of carbonyl (C=O) groups is 2. The monoisotopic (exact) mass is 424 g/mol. The average Bonchev–Trinajstić information content (AvgIpc) is 2.65. The van der Waals surface area contributed by atoms with Gasteiger partial charge in [0.1, 0.15) is 6.10 Å². The summed E-state index contributed by atoms with van der Waals surface area (Å²) in [4.78, 5) is 23.1. The lowest BCUT2D eigenvalue weighted by Crippen LogP contribution is -2.43. The molecular formula is C23H36O7. The summed E-state index contributed by atoms with van der Waals surface area (Å²) in [6, 6.07) is 0. The Hall–Kier alpha value is -1.70. The highest BCUT2D eigenvalue weighted by atomic mass is 16.5. The maximum Gasteiger partial charge on any atom is 0.308 e. The maximum absolute atomic E-state index is 12.4. The van der Waals surface area contributed by atoms with Gasteiger partial charge in [0.2, 0.25) is 0 Å². The standard InChI is InChI=1S/C23H36O7/c1-4-13(2)23(29)30-20-11-17(25)9-15-6-5-14(3)19(22(15)20)8-7-16(24)10-18(26)12-21(27)28/h5-6,9,13-14,16-20,22,24-26H,4,7-8,10-12H2,1-3H3,(H,27,28)/t13?,14-,16?,17-,18?,19-,20-,22-/m0/s1. The van der Waals surface area contributed by atoms with Crippen LogP contribution in [0.3, 0.4) is 0 Å². The summed E-state index contributed by atoms with van der Waals surface area (Å²) >= 11 is 0. The summed E-state index contributed by atoms with van der Waals surface area (Å²) in [6.07, 6.45) is 4.64. The van der Waals surface area contributed by atoms with Crippen LogP contribution in [0, 0.1) is 23.7 Å². The molecule has 2 aliphatic carbocycles. The van der Waals surface area contributed by atoms with Gasteiger partial charge in [-0.1, -0.05) is 39.0 Å². The molecule has 0 fully saturated rings. The molecule has 0 saturated heterocycles. The molecule has 0 aromatic carbocycles. The molecular weight excluding hydrogens is 388 g/mol. The van der Waals surface area contributed by atoms with Crippen molar-refractivity contribution in [2.45, 2.75) is 83.7 Å². The van der Waals surface area contributed by atoms with Crippen molar-refractivity contribution < 1.29 is 34.8 Å². The molecule has 0 spiro atoms. The molecule has 0 radical (unpaired) electrons. The number of aliphatic hydroxyl groups excluding tert-OH is 3. The molecule has 0 saturated carbocycles. The smallest absolute Gasteiger partial charge is 0.308 e. The van der Waals surface area contributed by atoms with Gasteiger partial charge in [-0.25, -0.2) is 0 Å².